The van der Waals surface area contributed by atoms with Gasteiger partial charge in [-0.2, -0.15) is 0 Å². The van der Waals surface area contributed by atoms with Gasteiger partial charge in [-0.15, -0.1) is 11.3 Å². The first-order chi connectivity index (χ1) is 10.6. The molecule has 0 bridgehead atoms. The Morgan fingerprint density at radius 3 is 2.73 bits per heavy atom. The second-order valence-electron chi connectivity index (χ2n) is 4.72. The zero-order valence-corrected chi connectivity index (χ0v) is 12.6. The van der Waals surface area contributed by atoms with Crippen LogP contribution in [0, 0.1) is 12.7 Å². The number of hydrogen-bond acceptors (Lipinski definition) is 4. The molecule has 0 spiro atoms. The van der Waals surface area contributed by atoms with E-state index in [4.69, 9.17) is 4.42 Å². The van der Waals surface area contributed by atoms with Gasteiger partial charge in [0.1, 0.15) is 11.5 Å². The topological polar surface area (TPSA) is 55.1 Å². The lowest BCUT2D eigenvalue weighted by molar-refractivity contribution is 0.0924. The number of nitrogens with one attached hydrogen (secondary N) is 1. The second-order valence-corrected chi connectivity index (χ2v) is 5.79. The summed E-state index contributed by atoms with van der Waals surface area (Å²) >= 11 is 1.52. The summed E-state index contributed by atoms with van der Waals surface area (Å²) < 4.78 is 18.3. The van der Waals surface area contributed by atoms with Gasteiger partial charge in [0.2, 0.25) is 0 Å². The summed E-state index contributed by atoms with van der Waals surface area (Å²) in [4.78, 5) is 16.4. The van der Waals surface area contributed by atoms with Crippen molar-refractivity contribution in [3.63, 3.8) is 0 Å². The molecule has 1 N–H and O–H groups in total. The van der Waals surface area contributed by atoms with Gasteiger partial charge in [0.25, 0.3) is 5.91 Å². The molecule has 2 aromatic heterocycles. The van der Waals surface area contributed by atoms with E-state index < -0.39 is 0 Å². The number of halogens is 1. The lowest BCUT2D eigenvalue weighted by Crippen LogP contribution is -2.22. The summed E-state index contributed by atoms with van der Waals surface area (Å²) in [7, 11) is 0. The van der Waals surface area contributed by atoms with Crippen LogP contribution in [0.2, 0.25) is 0 Å². The van der Waals surface area contributed by atoms with Gasteiger partial charge in [0, 0.05) is 11.9 Å². The molecular weight excluding hydrogens is 303 g/mol. The van der Waals surface area contributed by atoms with Crippen LogP contribution in [0.25, 0.3) is 11.5 Å². The molecular formula is C16H13FN2O2S. The smallest absolute Gasteiger partial charge is 0.287 e. The fourth-order valence-electron chi connectivity index (χ4n) is 1.95. The molecule has 4 nitrogen and oxygen atoms in total. The highest BCUT2D eigenvalue weighted by Gasteiger charge is 2.13. The summed E-state index contributed by atoms with van der Waals surface area (Å²) in [6, 6.07) is 9.31. The number of carbonyl (C=O) groups is 1. The number of amides is 1. The standard InChI is InChI=1S/C16H13FN2O2S/c1-10-19-13(9-22-10)14-6-7-15(21-14)16(20)18-8-11-2-4-12(17)5-3-11/h2-7,9H,8H2,1H3,(H,18,20). The number of hydrogen-bond donors (Lipinski definition) is 1. The number of carbonyl (C=O) groups excluding carboxylic acids is 1. The predicted octanol–water partition coefficient (Wildman–Crippen LogP) is 3.78. The van der Waals surface area contributed by atoms with E-state index >= 15 is 0 Å². The van der Waals surface area contributed by atoms with Crippen LogP contribution in [0.4, 0.5) is 4.39 Å². The van der Waals surface area contributed by atoms with Gasteiger partial charge in [0.05, 0.1) is 5.01 Å². The third kappa shape index (κ3) is 3.23. The van der Waals surface area contributed by atoms with Crippen molar-refractivity contribution in [3.8, 4) is 11.5 Å². The fraction of sp³-hybridized carbons (Fsp3) is 0.125. The lowest BCUT2D eigenvalue weighted by Gasteiger charge is -2.03. The van der Waals surface area contributed by atoms with Gasteiger partial charge in [-0.1, -0.05) is 12.1 Å². The van der Waals surface area contributed by atoms with E-state index in [1.54, 1.807) is 24.3 Å². The van der Waals surface area contributed by atoms with E-state index in [0.717, 1.165) is 16.3 Å². The first-order valence-electron chi connectivity index (χ1n) is 6.67. The molecule has 0 aliphatic rings. The molecule has 3 aromatic rings. The van der Waals surface area contributed by atoms with Crippen LogP contribution in [0.3, 0.4) is 0 Å². The Morgan fingerprint density at radius 1 is 1.27 bits per heavy atom. The van der Waals surface area contributed by atoms with E-state index in [-0.39, 0.29) is 17.5 Å². The molecule has 0 unspecified atom stereocenters. The van der Waals surface area contributed by atoms with Crippen molar-refractivity contribution in [1.82, 2.24) is 10.3 Å². The molecule has 22 heavy (non-hydrogen) atoms. The maximum atomic E-state index is 12.8. The Kier molecular flexibility index (Phi) is 4.02. The number of nitrogens with zero attached hydrogens (tertiary/aromatic N) is 1. The van der Waals surface area contributed by atoms with Crippen LogP contribution in [0.15, 0.2) is 46.2 Å². The number of thiazole rings is 1. The Hall–Kier alpha value is -2.47. The third-order valence-electron chi connectivity index (χ3n) is 3.07. The summed E-state index contributed by atoms with van der Waals surface area (Å²) in [6.07, 6.45) is 0. The maximum absolute atomic E-state index is 12.8. The van der Waals surface area contributed by atoms with Gasteiger partial charge in [-0.3, -0.25) is 4.79 Å². The van der Waals surface area contributed by atoms with E-state index in [1.165, 1.54) is 23.5 Å². The average molecular weight is 316 g/mol. The number of aromatic nitrogens is 1. The van der Waals surface area contributed by atoms with Crippen molar-refractivity contribution in [2.75, 3.05) is 0 Å². The van der Waals surface area contributed by atoms with Gasteiger partial charge in [-0.25, -0.2) is 9.37 Å². The highest BCUT2D eigenvalue weighted by atomic mass is 32.1. The Balaban J connectivity index is 1.65. The number of aryl methyl sites for hydroxylation is 1. The Morgan fingerprint density at radius 2 is 2.05 bits per heavy atom. The lowest BCUT2D eigenvalue weighted by atomic mass is 10.2. The summed E-state index contributed by atoms with van der Waals surface area (Å²) in [6.45, 7) is 2.22. The number of rotatable bonds is 4. The molecule has 0 saturated heterocycles. The van der Waals surface area contributed by atoms with Crippen molar-refractivity contribution >= 4 is 17.2 Å². The van der Waals surface area contributed by atoms with Gasteiger partial charge in [-0.05, 0) is 36.8 Å². The zero-order chi connectivity index (χ0) is 15.5. The van der Waals surface area contributed by atoms with Crippen molar-refractivity contribution in [2.45, 2.75) is 13.5 Å². The molecule has 1 aromatic carbocycles. The molecule has 0 radical (unpaired) electrons. The first kappa shape index (κ1) is 14.5. The summed E-state index contributed by atoms with van der Waals surface area (Å²) in [5.74, 6) is 0.172. The largest absolute Gasteiger partial charge is 0.449 e. The van der Waals surface area contributed by atoms with Crippen LogP contribution in [0.5, 0.6) is 0 Å². The monoisotopic (exact) mass is 316 g/mol. The van der Waals surface area contributed by atoms with Crippen LogP contribution in [-0.2, 0) is 6.54 Å². The molecule has 112 valence electrons. The molecule has 0 fully saturated rings. The molecule has 3 rings (SSSR count). The highest BCUT2D eigenvalue weighted by Crippen LogP contribution is 2.23. The van der Waals surface area contributed by atoms with Crippen molar-refractivity contribution in [3.05, 3.63) is 63.9 Å². The predicted molar refractivity (Wildman–Crippen MR) is 82.1 cm³/mol. The molecule has 0 aliphatic heterocycles. The van der Waals surface area contributed by atoms with E-state index in [0.29, 0.717) is 12.3 Å². The minimum atomic E-state index is -0.317. The minimum Gasteiger partial charge on any atom is -0.449 e. The fourth-order valence-corrected chi connectivity index (χ4v) is 2.55. The molecule has 0 aliphatic carbocycles. The second kappa shape index (κ2) is 6.11. The molecule has 6 heteroatoms. The molecule has 0 atom stereocenters. The van der Waals surface area contributed by atoms with Gasteiger partial charge < -0.3 is 9.73 Å². The van der Waals surface area contributed by atoms with Crippen LogP contribution in [0.1, 0.15) is 21.1 Å². The number of benzene rings is 1. The van der Waals surface area contributed by atoms with Crippen molar-refractivity contribution in [2.24, 2.45) is 0 Å². The van der Waals surface area contributed by atoms with Gasteiger partial charge >= 0.3 is 0 Å². The van der Waals surface area contributed by atoms with E-state index in [2.05, 4.69) is 10.3 Å². The zero-order valence-electron chi connectivity index (χ0n) is 11.8. The van der Waals surface area contributed by atoms with E-state index in [9.17, 15) is 9.18 Å². The van der Waals surface area contributed by atoms with Crippen molar-refractivity contribution < 1.29 is 13.6 Å². The third-order valence-corrected chi connectivity index (χ3v) is 3.84. The van der Waals surface area contributed by atoms with Crippen LogP contribution >= 0.6 is 11.3 Å². The minimum absolute atomic E-state index is 0.225. The highest BCUT2D eigenvalue weighted by molar-refractivity contribution is 7.09. The molecule has 1 amide bonds. The maximum Gasteiger partial charge on any atom is 0.287 e. The summed E-state index contributed by atoms with van der Waals surface area (Å²) in [5, 5.41) is 5.55. The normalized spacial score (nSPS) is 10.6. The molecule has 0 saturated carbocycles. The first-order valence-corrected chi connectivity index (χ1v) is 7.55. The van der Waals surface area contributed by atoms with Crippen LogP contribution < -0.4 is 5.32 Å². The quantitative estimate of drug-likeness (QED) is 0.797. The summed E-state index contributed by atoms with van der Waals surface area (Å²) in [5.41, 5.74) is 1.54. The Bertz CT molecular complexity index is 793. The average Bonchev–Trinajstić information content (AvgIpc) is 3.15. The van der Waals surface area contributed by atoms with Gasteiger partial charge in [0.15, 0.2) is 11.5 Å². The van der Waals surface area contributed by atoms with E-state index in [1.807, 2.05) is 12.3 Å². The number of furan rings is 1. The van der Waals surface area contributed by atoms with Crippen LogP contribution in [-0.4, -0.2) is 10.9 Å². The Labute approximate surface area is 130 Å². The SMILES string of the molecule is Cc1nc(-c2ccc(C(=O)NCc3ccc(F)cc3)o2)cs1. The van der Waals surface area contributed by atoms with Crippen molar-refractivity contribution in [1.29, 1.82) is 0 Å². The molecule has 2 heterocycles.